The van der Waals surface area contributed by atoms with Gasteiger partial charge in [0.05, 0.1) is 11.4 Å². The molecular formula is C18H20F3NS. The maximum absolute atomic E-state index is 14.0. The normalized spacial score (nSPS) is 16.9. The molecule has 1 nitrogen and oxygen atoms in total. The summed E-state index contributed by atoms with van der Waals surface area (Å²) in [5.41, 5.74) is 2.16. The zero-order chi connectivity index (χ0) is 16.3. The van der Waals surface area contributed by atoms with Crippen molar-refractivity contribution in [1.82, 2.24) is 0 Å². The van der Waals surface area contributed by atoms with Crippen LogP contribution in [0.25, 0.3) is 0 Å². The first-order valence-electron chi connectivity index (χ1n) is 7.95. The maximum atomic E-state index is 14.0. The van der Waals surface area contributed by atoms with Gasteiger partial charge in [0.25, 0.3) is 0 Å². The second kappa shape index (κ2) is 6.87. The third-order valence-corrected chi connectivity index (χ3v) is 5.08. The first kappa shape index (κ1) is 16.2. The van der Waals surface area contributed by atoms with E-state index < -0.39 is 11.4 Å². The molecule has 0 N–H and O–H groups in total. The number of nitrogens with zero attached hydrogens (tertiary/aromatic N) is 1. The summed E-state index contributed by atoms with van der Waals surface area (Å²) in [5.74, 6) is 0. The van der Waals surface area contributed by atoms with Crippen LogP contribution in [0.15, 0.2) is 48.5 Å². The summed E-state index contributed by atoms with van der Waals surface area (Å²) in [7, 11) is 0. The van der Waals surface area contributed by atoms with Gasteiger partial charge in [0.2, 0.25) is 0 Å². The molecule has 0 fully saturated rings. The van der Waals surface area contributed by atoms with E-state index in [1.807, 2.05) is 24.3 Å². The van der Waals surface area contributed by atoms with Crippen molar-refractivity contribution in [3.63, 3.8) is 0 Å². The van der Waals surface area contributed by atoms with Crippen molar-refractivity contribution in [3.8, 4) is 0 Å². The Morgan fingerprint density at radius 3 is 1.52 bits per heavy atom. The number of fused-ring (bicyclic) bond motifs is 2. The van der Waals surface area contributed by atoms with Crippen LogP contribution in [0.2, 0.25) is 0 Å². The average Bonchev–Trinajstić information content (AvgIpc) is 2.55. The molecule has 23 heavy (non-hydrogen) atoms. The molecule has 0 saturated heterocycles. The van der Waals surface area contributed by atoms with Crippen LogP contribution in [0, 0.1) is 0 Å². The lowest BCUT2D eigenvalue weighted by Crippen LogP contribution is -2.17. The fourth-order valence-corrected chi connectivity index (χ4v) is 3.98. The first-order chi connectivity index (χ1) is 11.1. The first-order valence-corrected chi connectivity index (χ1v) is 9.25. The highest BCUT2D eigenvalue weighted by molar-refractivity contribution is 8.22. The van der Waals surface area contributed by atoms with E-state index in [1.54, 1.807) is 24.3 Å². The monoisotopic (exact) mass is 339 g/mol. The number of aryl methyl sites for hydroxylation is 2. The molecule has 0 saturated carbocycles. The van der Waals surface area contributed by atoms with Crippen LogP contribution >= 0.6 is 11.4 Å². The number of para-hydroxylation sites is 2. The molecule has 0 bridgehead atoms. The summed E-state index contributed by atoms with van der Waals surface area (Å²) in [6.45, 7) is 0. The van der Waals surface area contributed by atoms with Crippen LogP contribution in [0.5, 0.6) is 0 Å². The fraction of sp³-hybridized carbons (Fsp3) is 0.333. The number of benzene rings is 2. The topological polar surface area (TPSA) is 3.24 Å². The Bertz CT molecular complexity index is 618. The molecule has 0 aromatic heterocycles. The lowest BCUT2D eigenvalue weighted by Gasteiger charge is -2.32. The SMILES string of the molecule is FS(F)(F)N1c2ccccc2CCCCCCc2ccccc21. The largest absolute Gasteiger partial charge is 0.306 e. The zero-order valence-corrected chi connectivity index (χ0v) is 13.7. The van der Waals surface area contributed by atoms with Gasteiger partial charge in [-0.3, -0.25) is 0 Å². The van der Waals surface area contributed by atoms with Crippen LogP contribution < -0.4 is 4.31 Å². The predicted molar refractivity (Wildman–Crippen MR) is 91.8 cm³/mol. The Balaban J connectivity index is 2.19. The summed E-state index contributed by atoms with van der Waals surface area (Å²) in [5, 5.41) is 0. The van der Waals surface area contributed by atoms with Crippen LogP contribution in [0.4, 0.5) is 23.0 Å². The van der Waals surface area contributed by atoms with Crippen molar-refractivity contribution in [2.24, 2.45) is 0 Å². The van der Waals surface area contributed by atoms with Crippen molar-refractivity contribution < 1.29 is 11.7 Å². The Morgan fingerprint density at radius 2 is 1.09 bits per heavy atom. The van der Waals surface area contributed by atoms with E-state index in [4.69, 9.17) is 0 Å². The van der Waals surface area contributed by atoms with Crippen LogP contribution in [0.3, 0.4) is 0 Å². The Kier molecular flexibility index (Phi) is 4.85. The standard InChI is InChI=1S/C18H20F3NS/c19-23(20,21)22-17-13-7-5-11-15(17)9-3-1-2-4-10-16-12-6-8-14-18(16)22/h5-8,11-14H,1-4,9-10H2. The maximum Gasteiger partial charge on any atom is 0.306 e. The molecule has 0 aliphatic carbocycles. The Morgan fingerprint density at radius 1 is 0.652 bits per heavy atom. The molecule has 3 rings (SSSR count). The van der Waals surface area contributed by atoms with E-state index in [0.717, 1.165) is 36.8 Å². The molecule has 2 aromatic carbocycles. The van der Waals surface area contributed by atoms with Gasteiger partial charge in [0.1, 0.15) is 0 Å². The van der Waals surface area contributed by atoms with Gasteiger partial charge >= 0.3 is 11.4 Å². The summed E-state index contributed by atoms with van der Waals surface area (Å²) in [6, 6.07) is 13.9. The molecule has 1 heterocycles. The third kappa shape index (κ3) is 3.66. The van der Waals surface area contributed by atoms with E-state index >= 15 is 0 Å². The highest BCUT2D eigenvalue weighted by atomic mass is 32.3. The second-order valence-electron chi connectivity index (χ2n) is 5.85. The molecule has 0 radical (unpaired) electrons. The second-order valence-corrected chi connectivity index (χ2v) is 6.98. The van der Waals surface area contributed by atoms with E-state index in [9.17, 15) is 11.7 Å². The lowest BCUT2D eigenvalue weighted by atomic mass is 10.0. The fourth-order valence-electron chi connectivity index (χ4n) is 3.18. The molecular weight excluding hydrogens is 319 g/mol. The van der Waals surface area contributed by atoms with Crippen LogP contribution in [-0.4, -0.2) is 0 Å². The molecule has 0 amide bonds. The summed E-state index contributed by atoms with van der Waals surface area (Å²) >= 11 is -5.40. The van der Waals surface area contributed by atoms with Gasteiger partial charge in [-0.05, 0) is 48.9 Å². The van der Waals surface area contributed by atoms with Crippen LogP contribution in [-0.2, 0) is 12.8 Å². The Hall–Kier alpha value is -1.62. The molecule has 0 unspecified atom stereocenters. The van der Waals surface area contributed by atoms with Crippen molar-refractivity contribution in [2.45, 2.75) is 38.5 Å². The molecule has 124 valence electrons. The molecule has 2 aromatic rings. The van der Waals surface area contributed by atoms with E-state index in [2.05, 4.69) is 0 Å². The van der Waals surface area contributed by atoms with Gasteiger partial charge in [-0.2, -0.15) is 0 Å². The van der Waals surface area contributed by atoms with Crippen molar-refractivity contribution in [3.05, 3.63) is 59.7 Å². The minimum Gasteiger partial charge on any atom is -0.229 e. The van der Waals surface area contributed by atoms with Crippen molar-refractivity contribution in [1.29, 1.82) is 0 Å². The van der Waals surface area contributed by atoms with E-state index in [-0.39, 0.29) is 0 Å². The summed E-state index contributed by atoms with van der Waals surface area (Å²) < 4.78 is 42.5. The molecule has 0 atom stereocenters. The van der Waals surface area contributed by atoms with Gasteiger partial charge in [-0.15, -0.1) is 11.7 Å². The highest BCUT2D eigenvalue weighted by Crippen LogP contribution is 2.62. The Labute approximate surface area is 137 Å². The van der Waals surface area contributed by atoms with Gasteiger partial charge in [-0.1, -0.05) is 49.2 Å². The number of halogens is 3. The smallest absolute Gasteiger partial charge is 0.229 e. The van der Waals surface area contributed by atoms with Crippen molar-refractivity contribution >= 4 is 22.7 Å². The minimum atomic E-state index is -5.40. The lowest BCUT2D eigenvalue weighted by molar-refractivity contribution is 0.632. The van der Waals surface area contributed by atoms with Crippen molar-refractivity contribution in [2.75, 3.05) is 4.31 Å². The predicted octanol–water partition coefficient (Wildman–Crippen LogP) is 6.86. The summed E-state index contributed by atoms with van der Waals surface area (Å²) in [6.07, 6.45) is 5.41. The van der Waals surface area contributed by atoms with E-state index in [0.29, 0.717) is 28.5 Å². The molecule has 1 aliphatic heterocycles. The number of hydrogen-bond acceptors (Lipinski definition) is 1. The van der Waals surface area contributed by atoms with Gasteiger partial charge in [0.15, 0.2) is 0 Å². The number of hydrogen-bond donors (Lipinski definition) is 0. The molecule has 1 aliphatic rings. The minimum absolute atomic E-state index is 0.296. The van der Waals surface area contributed by atoms with E-state index in [1.165, 1.54) is 0 Å². The number of anilines is 2. The molecule has 0 spiro atoms. The number of rotatable bonds is 1. The average molecular weight is 339 g/mol. The quantitative estimate of drug-likeness (QED) is 0.549. The van der Waals surface area contributed by atoms with Crippen LogP contribution in [0.1, 0.15) is 36.8 Å². The van der Waals surface area contributed by atoms with Gasteiger partial charge in [0, 0.05) is 0 Å². The third-order valence-electron chi connectivity index (χ3n) is 4.27. The van der Waals surface area contributed by atoms with Gasteiger partial charge in [-0.25, -0.2) is 4.31 Å². The summed E-state index contributed by atoms with van der Waals surface area (Å²) in [4.78, 5) is 0. The zero-order valence-electron chi connectivity index (χ0n) is 12.9. The van der Waals surface area contributed by atoms with Gasteiger partial charge < -0.3 is 0 Å². The highest BCUT2D eigenvalue weighted by Gasteiger charge is 2.35. The molecule has 5 heteroatoms.